The quantitative estimate of drug-likeness (QED) is 0.134. The molecule has 0 saturated heterocycles. The molecule has 1 heterocycles. The second-order valence-corrected chi connectivity index (χ2v) is 39.1. The van der Waals surface area contributed by atoms with Crippen molar-refractivity contribution in [2.45, 2.75) is 0 Å². The van der Waals surface area contributed by atoms with Crippen molar-refractivity contribution < 1.29 is 0 Å². The first kappa shape index (κ1) is 80.4. The van der Waals surface area contributed by atoms with Gasteiger partial charge in [0, 0.05) is 16.3 Å². The first-order valence-corrected chi connectivity index (χ1v) is 49.8. The van der Waals surface area contributed by atoms with Gasteiger partial charge in [-0.3, -0.25) is 0 Å². The van der Waals surface area contributed by atoms with Crippen LogP contribution in [0.15, 0.2) is 516 Å². The minimum atomic E-state index is 1.20. The van der Waals surface area contributed by atoms with Gasteiger partial charge in [0.15, 0.2) is 0 Å². The lowest BCUT2D eigenvalue weighted by Crippen LogP contribution is -1.97. The predicted octanol–water partition coefficient (Wildman–Crippen LogP) is 39.8. The molecule has 0 saturated carbocycles. The lowest BCUT2D eigenvalue weighted by Gasteiger charge is -2.18. The van der Waals surface area contributed by atoms with Crippen molar-refractivity contribution in [2.75, 3.05) is 0 Å². The minimum absolute atomic E-state index is 1.20. The summed E-state index contributed by atoms with van der Waals surface area (Å²) in [7, 11) is 0. The second kappa shape index (κ2) is 32.0. The first-order chi connectivity index (χ1) is 70.9. The van der Waals surface area contributed by atoms with Gasteiger partial charge in [-0.2, -0.15) is 0 Å². The molecule has 0 bridgehead atoms. The van der Waals surface area contributed by atoms with Crippen LogP contribution in [0.5, 0.6) is 0 Å². The van der Waals surface area contributed by atoms with Crippen LogP contribution in [0.3, 0.4) is 0 Å². The zero-order valence-electron chi connectivity index (χ0n) is 78.0. The number of aromatic nitrogens is 1. The lowest BCUT2D eigenvalue weighted by atomic mass is 9.89. The van der Waals surface area contributed by atoms with Crippen LogP contribution < -0.4 is 0 Å². The summed E-state index contributed by atoms with van der Waals surface area (Å²) in [6.45, 7) is 0. The molecule has 1 aromatic heterocycles. The van der Waals surface area contributed by atoms with Gasteiger partial charge in [0.25, 0.3) is 0 Å². The molecule has 0 spiro atoms. The van der Waals surface area contributed by atoms with Gasteiger partial charge in [0.05, 0.1) is 16.7 Å². The molecule has 28 aromatic carbocycles. The monoisotopic (exact) mass is 1800 g/mol. The fourth-order valence-electron chi connectivity index (χ4n) is 24.7. The molecular weight excluding hydrogens is 1720 g/mol. The molecule has 0 unspecified atom stereocenters. The van der Waals surface area contributed by atoms with Crippen molar-refractivity contribution in [1.29, 1.82) is 0 Å². The van der Waals surface area contributed by atoms with E-state index in [-0.39, 0.29) is 0 Å². The van der Waals surface area contributed by atoms with Crippen LogP contribution in [0.1, 0.15) is 0 Å². The van der Waals surface area contributed by atoms with Crippen LogP contribution in [-0.4, -0.2) is 4.57 Å². The van der Waals surface area contributed by atoms with Crippen LogP contribution in [0.4, 0.5) is 0 Å². The highest BCUT2D eigenvalue weighted by Gasteiger charge is 2.32. The van der Waals surface area contributed by atoms with Gasteiger partial charge in [0.1, 0.15) is 0 Å². The lowest BCUT2D eigenvalue weighted by molar-refractivity contribution is 1.18. The number of hydrogen-bond acceptors (Lipinski definition) is 0. The van der Waals surface area contributed by atoms with Crippen LogP contribution in [0.25, 0.3) is 312 Å². The van der Waals surface area contributed by atoms with Gasteiger partial charge in [0.2, 0.25) is 0 Å². The van der Waals surface area contributed by atoms with E-state index in [0.29, 0.717) is 0 Å². The smallest absolute Gasteiger partial charge is 0.0541 e. The van der Waals surface area contributed by atoms with Crippen molar-refractivity contribution in [3.8, 4) is 150 Å². The molecule has 0 fully saturated rings. The molecule has 32 rings (SSSR count). The van der Waals surface area contributed by atoms with Crippen molar-refractivity contribution in [3.05, 3.63) is 516 Å². The van der Waals surface area contributed by atoms with Gasteiger partial charge >= 0.3 is 0 Å². The summed E-state index contributed by atoms with van der Waals surface area (Å²) >= 11 is 0. The first-order valence-electron chi connectivity index (χ1n) is 49.8. The summed E-state index contributed by atoms with van der Waals surface area (Å²) in [5.74, 6) is 0. The molecular formula is C142H85N. The molecule has 143 heavy (non-hydrogen) atoms. The number of para-hydroxylation sites is 3. The van der Waals surface area contributed by atoms with Crippen LogP contribution >= 0.6 is 0 Å². The highest BCUT2D eigenvalue weighted by atomic mass is 15.0. The predicted molar refractivity (Wildman–Crippen MR) is 613 cm³/mol. The minimum Gasteiger partial charge on any atom is -0.309 e. The maximum atomic E-state index is 2.45. The average molecular weight is 1810 g/mol. The number of hydrogen-bond donors (Lipinski definition) is 0. The largest absolute Gasteiger partial charge is 0.309 e. The summed E-state index contributed by atoms with van der Waals surface area (Å²) in [6.07, 6.45) is 0. The van der Waals surface area contributed by atoms with E-state index in [0.717, 1.165) is 0 Å². The highest BCUT2D eigenvalue weighted by Crippen LogP contribution is 2.59. The normalized spacial score (nSPS) is 12.1. The van der Waals surface area contributed by atoms with Crippen LogP contribution in [-0.2, 0) is 0 Å². The summed E-state index contributed by atoms with van der Waals surface area (Å²) in [5.41, 5.74) is 37.2. The van der Waals surface area contributed by atoms with Gasteiger partial charge in [-0.1, -0.05) is 413 Å². The molecule has 1 heteroatoms. The molecule has 0 radical (unpaired) electrons. The standard InChI is InChI=1S/2C50H30.C42H25N/c1-2-9-32-24-37(17-16-31(32)8-1)39-21-20-38-25-36(18-19-40(38)26-39)33-13-7-14-41(27-33)44-22-23-45-46-28-34-10-3-4-11-35(34)29-47(46)48-30-42-12-5-6-15-43(42)49(44)50(45)48;1-2-9-31(10-3-1)32-17-18-34-28-35(20-19-33(34)27-32)36-21-22-38-30-39(24-23-37(38)29-36)40-25-26-47-48-43(40)15-8-16-46(48)49-44-13-6-4-11-41(44)42-12-5-7-14-45(42)50(47)49;1-2-12-27-24-36-35(23-26(27)11-1)34-22-21-33(41-29-14-4-3-13-28(29)25-37(36)42(34)41)32-17-7-10-20-40(32)43-38-18-8-5-15-30(38)31-16-6-9-19-39(31)43/h2*1-30H;1-25H. The molecule has 0 N–H and O–H groups in total. The maximum Gasteiger partial charge on any atom is 0.0541 e. The third-order valence-corrected chi connectivity index (χ3v) is 31.3. The van der Waals surface area contributed by atoms with E-state index >= 15 is 0 Å². The van der Waals surface area contributed by atoms with Crippen molar-refractivity contribution in [2.24, 2.45) is 0 Å². The zero-order valence-corrected chi connectivity index (χ0v) is 78.0. The fraction of sp³-hybridized carbons (Fsp3) is 0. The number of nitrogens with zero attached hydrogens (tertiary/aromatic N) is 1. The van der Waals surface area contributed by atoms with E-state index in [1.807, 2.05) is 0 Å². The Morgan fingerprint density at radius 3 is 0.881 bits per heavy atom. The van der Waals surface area contributed by atoms with Gasteiger partial charge < -0.3 is 4.57 Å². The van der Waals surface area contributed by atoms with E-state index in [1.54, 1.807) is 0 Å². The Labute approximate surface area is 826 Å². The van der Waals surface area contributed by atoms with E-state index in [9.17, 15) is 0 Å². The Morgan fingerprint density at radius 2 is 0.385 bits per heavy atom. The van der Waals surface area contributed by atoms with Crippen molar-refractivity contribution in [3.63, 3.8) is 0 Å². The molecule has 3 aliphatic carbocycles. The number of rotatable bonds is 8. The number of benzene rings is 28. The Balaban J connectivity index is 0.000000100. The van der Waals surface area contributed by atoms with Gasteiger partial charge in [-0.15, -0.1) is 0 Å². The topological polar surface area (TPSA) is 4.93 Å². The van der Waals surface area contributed by atoms with Crippen LogP contribution in [0.2, 0.25) is 0 Å². The fourth-order valence-corrected chi connectivity index (χ4v) is 24.7. The maximum absolute atomic E-state index is 2.45. The van der Waals surface area contributed by atoms with Crippen molar-refractivity contribution >= 4 is 162 Å². The Bertz CT molecular complexity index is 10400. The van der Waals surface area contributed by atoms with E-state index < -0.39 is 0 Å². The summed E-state index contributed by atoms with van der Waals surface area (Å²) in [5, 5.41) is 36.3. The highest BCUT2D eigenvalue weighted by molar-refractivity contribution is 6.33. The Hall–Kier alpha value is -18.7. The third kappa shape index (κ3) is 12.8. The van der Waals surface area contributed by atoms with Gasteiger partial charge in [-0.25, -0.2) is 0 Å². The molecule has 1 nitrogen and oxygen atoms in total. The van der Waals surface area contributed by atoms with Gasteiger partial charge in [-0.05, 0) is 382 Å². The summed E-state index contributed by atoms with van der Waals surface area (Å²) < 4.78 is 2.45. The average Bonchev–Trinajstić information content (AvgIpc) is 1.55. The third-order valence-electron chi connectivity index (χ3n) is 31.3. The van der Waals surface area contributed by atoms with E-state index in [2.05, 4.69) is 520 Å². The van der Waals surface area contributed by atoms with E-state index in [4.69, 9.17) is 0 Å². The molecule has 0 amide bonds. The Kier molecular flexibility index (Phi) is 18.0. The van der Waals surface area contributed by atoms with Crippen LogP contribution in [0, 0.1) is 0 Å². The number of fused-ring (bicyclic) bond motifs is 27. The molecule has 3 aliphatic rings. The second-order valence-electron chi connectivity index (χ2n) is 39.1. The van der Waals surface area contributed by atoms with E-state index in [1.165, 1.54) is 312 Å². The molecule has 0 aliphatic heterocycles. The summed E-state index contributed by atoms with van der Waals surface area (Å²) in [6, 6.07) is 191. The summed E-state index contributed by atoms with van der Waals surface area (Å²) in [4.78, 5) is 0. The molecule has 0 atom stereocenters. The SMILES string of the molecule is c1cc(-c2ccc3cc(-c4ccc5ccccc5c4)ccc3c2)cc(-c2ccc3c4c(cc5ccccc5c24)-c2cc4ccccc4cc2-3)c1.c1ccc(-c2ccc3cc(-c4ccc5cc(-c6ccc7c8c(cccc68)-c6c-7c7ccccc7c7ccccc67)ccc5c4)ccc3c2)cc1.c1ccc(-n2c3ccccc3c3ccccc32)c(-c2ccc3c4c(cc5ccccc5c24)-c2cc4ccccc4cc2-3)c1. The zero-order chi connectivity index (χ0) is 93.6. The van der Waals surface area contributed by atoms with Crippen molar-refractivity contribution in [1.82, 2.24) is 4.57 Å². The molecule has 658 valence electrons. The molecule has 29 aromatic rings. The Morgan fingerprint density at radius 1 is 0.105 bits per heavy atom.